The molecule has 4 heteroatoms. The van der Waals surface area contributed by atoms with E-state index in [4.69, 9.17) is 0 Å². The Morgan fingerprint density at radius 1 is 1.16 bits per heavy atom. The second kappa shape index (κ2) is 5.36. The smallest absolute Gasteiger partial charge is 0.0670 e. The summed E-state index contributed by atoms with van der Waals surface area (Å²) < 4.78 is 0. The molecule has 0 spiro atoms. The molecule has 0 atom stereocenters. The molecular formula is C15H15N3S. The highest BCUT2D eigenvalue weighted by Gasteiger charge is 1.98. The lowest BCUT2D eigenvalue weighted by atomic mass is 10.2. The molecule has 0 aliphatic rings. The van der Waals surface area contributed by atoms with Crippen LogP contribution in [0.15, 0.2) is 53.6 Å². The largest absolute Gasteiger partial charge is 0.381 e. The maximum Gasteiger partial charge on any atom is 0.0670 e. The van der Waals surface area contributed by atoms with Gasteiger partial charge in [0.1, 0.15) is 0 Å². The Morgan fingerprint density at radius 2 is 2.00 bits per heavy atom. The summed E-state index contributed by atoms with van der Waals surface area (Å²) in [6, 6.07) is 14.9. The molecule has 2 N–H and O–H groups in total. The zero-order chi connectivity index (χ0) is 13.1. The maximum atomic E-state index is 4.02. The highest BCUT2D eigenvalue weighted by atomic mass is 32.2. The number of thioether (sulfide) groups is 1. The van der Waals surface area contributed by atoms with Crippen molar-refractivity contribution in [3.05, 3.63) is 54.2 Å². The molecule has 0 bridgehead atoms. The average molecular weight is 269 g/mol. The van der Waals surface area contributed by atoms with Crippen molar-refractivity contribution in [1.82, 2.24) is 10.2 Å². The zero-order valence-electron chi connectivity index (χ0n) is 10.7. The van der Waals surface area contributed by atoms with Crippen molar-refractivity contribution in [1.29, 1.82) is 0 Å². The molecule has 19 heavy (non-hydrogen) atoms. The van der Waals surface area contributed by atoms with E-state index in [1.807, 2.05) is 6.20 Å². The lowest BCUT2D eigenvalue weighted by Gasteiger charge is -2.07. The summed E-state index contributed by atoms with van der Waals surface area (Å²) in [6.07, 6.45) is 3.92. The Kier molecular flexibility index (Phi) is 3.42. The first kappa shape index (κ1) is 12.1. The van der Waals surface area contributed by atoms with Gasteiger partial charge in [0.25, 0.3) is 0 Å². The summed E-state index contributed by atoms with van der Waals surface area (Å²) in [5, 5.41) is 11.6. The molecule has 3 rings (SSSR count). The van der Waals surface area contributed by atoms with Crippen LogP contribution in [0.4, 0.5) is 5.69 Å². The van der Waals surface area contributed by atoms with E-state index in [0.717, 1.165) is 23.1 Å². The van der Waals surface area contributed by atoms with Gasteiger partial charge < -0.3 is 5.32 Å². The summed E-state index contributed by atoms with van der Waals surface area (Å²) in [4.78, 5) is 1.29. The van der Waals surface area contributed by atoms with Gasteiger partial charge in [-0.15, -0.1) is 11.8 Å². The molecule has 0 aliphatic carbocycles. The molecule has 0 amide bonds. The number of H-pyrrole nitrogens is 1. The summed E-state index contributed by atoms with van der Waals surface area (Å²) in [5.74, 6) is 0. The molecule has 3 aromatic rings. The van der Waals surface area contributed by atoms with E-state index in [9.17, 15) is 0 Å². The first-order valence-corrected chi connectivity index (χ1v) is 7.37. The van der Waals surface area contributed by atoms with Gasteiger partial charge in [0.2, 0.25) is 0 Å². The number of aromatic nitrogens is 2. The Morgan fingerprint density at radius 3 is 2.79 bits per heavy atom. The third-order valence-electron chi connectivity index (χ3n) is 3.10. The van der Waals surface area contributed by atoms with E-state index < -0.39 is 0 Å². The van der Waals surface area contributed by atoms with Gasteiger partial charge in [-0.25, -0.2) is 0 Å². The standard InChI is InChI=1S/C15H15N3S/c1-19-14-6-2-11(3-7-14)9-16-13-5-4-12-10-17-18-15(12)8-13/h2-8,10,16H,9H2,1H3,(H,17,18). The number of nitrogens with one attached hydrogen (secondary N) is 2. The molecule has 96 valence electrons. The second-order valence-corrected chi connectivity index (χ2v) is 5.25. The second-order valence-electron chi connectivity index (χ2n) is 4.37. The van der Waals surface area contributed by atoms with Crippen LogP contribution < -0.4 is 5.32 Å². The van der Waals surface area contributed by atoms with Crippen molar-refractivity contribution in [2.75, 3.05) is 11.6 Å². The lowest BCUT2D eigenvalue weighted by Crippen LogP contribution is -1.98. The third kappa shape index (κ3) is 2.74. The number of rotatable bonds is 4. The Balaban J connectivity index is 1.70. The number of hydrogen-bond donors (Lipinski definition) is 2. The quantitative estimate of drug-likeness (QED) is 0.706. The fourth-order valence-electron chi connectivity index (χ4n) is 1.99. The van der Waals surface area contributed by atoms with E-state index in [-0.39, 0.29) is 0 Å². The highest BCUT2D eigenvalue weighted by Crippen LogP contribution is 2.18. The minimum atomic E-state index is 0.828. The number of benzene rings is 2. The summed E-state index contributed by atoms with van der Waals surface area (Å²) in [6.45, 7) is 0.828. The SMILES string of the molecule is CSc1ccc(CNc2ccc3cn[nH]c3c2)cc1. The molecule has 0 radical (unpaired) electrons. The monoisotopic (exact) mass is 269 g/mol. The number of aromatic amines is 1. The molecule has 0 aliphatic heterocycles. The van der Waals surface area contributed by atoms with Crippen LogP contribution in [-0.4, -0.2) is 16.5 Å². The van der Waals surface area contributed by atoms with Gasteiger partial charge in [0, 0.05) is 22.5 Å². The van der Waals surface area contributed by atoms with E-state index in [1.165, 1.54) is 10.5 Å². The van der Waals surface area contributed by atoms with E-state index in [0.29, 0.717) is 0 Å². The minimum Gasteiger partial charge on any atom is -0.381 e. The summed E-state index contributed by atoms with van der Waals surface area (Å²) >= 11 is 1.76. The van der Waals surface area contributed by atoms with E-state index >= 15 is 0 Å². The normalized spacial score (nSPS) is 10.8. The molecule has 0 unspecified atom stereocenters. The van der Waals surface area contributed by atoms with E-state index in [1.54, 1.807) is 11.8 Å². The molecular weight excluding hydrogens is 254 g/mol. The van der Waals surface area contributed by atoms with Gasteiger partial charge in [-0.05, 0) is 42.2 Å². The van der Waals surface area contributed by atoms with Crippen LogP contribution in [0.25, 0.3) is 10.9 Å². The number of anilines is 1. The average Bonchev–Trinajstić information content (AvgIpc) is 2.93. The van der Waals surface area contributed by atoms with Gasteiger partial charge in [-0.2, -0.15) is 5.10 Å². The molecule has 0 saturated heterocycles. The Hall–Kier alpha value is -1.94. The maximum absolute atomic E-state index is 4.02. The van der Waals surface area contributed by atoms with Gasteiger partial charge in [-0.1, -0.05) is 12.1 Å². The topological polar surface area (TPSA) is 40.7 Å². The molecule has 1 heterocycles. The Bertz CT molecular complexity index is 673. The van der Waals surface area contributed by atoms with Gasteiger partial charge >= 0.3 is 0 Å². The van der Waals surface area contributed by atoms with Gasteiger partial charge in [-0.3, -0.25) is 5.10 Å². The van der Waals surface area contributed by atoms with Crippen molar-refractivity contribution in [2.45, 2.75) is 11.4 Å². The van der Waals surface area contributed by atoms with Crippen molar-refractivity contribution in [3.8, 4) is 0 Å². The number of fused-ring (bicyclic) bond motifs is 1. The molecule has 0 fully saturated rings. The number of nitrogens with zero attached hydrogens (tertiary/aromatic N) is 1. The lowest BCUT2D eigenvalue weighted by molar-refractivity contribution is 1.12. The minimum absolute atomic E-state index is 0.828. The molecule has 2 aromatic carbocycles. The summed E-state index contributed by atoms with van der Waals surface area (Å²) in [5.41, 5.74) is 3.44. The van der Waals surface area contributed by atoms with Crippen LogP contribution in [0.3, 0.4) is 0 Å². The first-order valence-electron chi connectivity index (χ1n) is 6.15. The van der Waals surface area contributed by atoms with Crippen LogP contribution >= 0.6 is 11.8 Å². The van der Waals surface area contributed by atoms with Crippen LogP contribution in [0, 0.1) is 0 Å². The molecule has 0 saturated carbocycles. The fourth-order valence-corrected chi connectivity index (χ4v) is 2.40. The van der Waals surface area contributed by atoms with Crippen molar-refractivity contribution < 1.29 is 0 Å². The van der Waals surface area contributed by atoms with E-state index in [2.05, 4.69) is 64.2 Å². The van der Waals surface area contributed by atoms with Gasteiger partial charge in [0.15, 0.2) is 0 Å². The van der Waals surface area contributed by atoms with Crippen LogP contribution in [0.5, 0.6) is 0 Å². The predicted octanol–water partition coefficient (Wildman–Crippen LogP) is 3.90. The van der Waals surface area contributed by atoms with Crippen LogP contribution in [0.1, 0.15) is 5.56 Å². The van der Waals surface area contributed by atoms with Crippen LogP contribution in [0.2, 0.25) is 0 Å². The number of hydrogen-bond acceptors (Lipinski definition) is 3. The molecule has 3 nitrogen and oxygen atoms in total. The fraction of sp³-hybridized carbons (Fsp3) is 0.133. The van der Waals surface area contributed by atoms with Crippen molar-refractivity contribution in [2.24, 2.45) is 0 Å². The first-order chi connectivity index (χ1) is 9.35. The van der Waals surface area contributed by atoms with Crippen molar-refractivity contribution in [3.63, 3.8) is 0 Å². The molecule has 1 aromatic heterocycles. The van der Waals surface area contributed by atoms with Crippen LogP contribution in [-0.2, 0) is 6.54 Å². The third-order valence-corrected chi connectivity index (χ3v) is 3.84. The van der Waals surface area contributed by atoms with Crippen molar-refractivity contribution >= 4 is 28.4 Å². The zero-order valence-corrected chi connectivity index (χ0v) is 11.5. The Labute approximate surface area is 116 Å². The predicted molar refractivity (Wildman–Crippen MR) is 81.6 cm³/mol. The summed E-state index contributed by atoms with van der Waals surface area (Å²) in [7, 11) is 0. The highest BCUT2D eigenvalue weighted by molar-refractivity contribution is 7.98. The van der Waals surface area contributed by atoms with Gasteiger partial charge in [0.05, 0.1) is 11.7 Å².